The first kappa shape index (κ1) is 27.2. The molecule has 1 amide bonds. The number of amides is 1. The lowest BCUT2D eigenvalue weighted by molar-refractivity contribution is -0.147. The van der Waals surface area contributed by atoms with Crippen molar-refractivity contribution in [3.05, 3.63) is 53.2 Å². The summed E-state index contributed by atoms with van der Waals surface area (Å²) < 4.78 is 61.5. The number of hydrogen-bond donors (Lipinski definition) is 1. The third kappa shape index (κ3) is 5.36. The van der Waals surface area contributed by atoms with Gasteiger partial charge in [0.2, 0.25) is 11.9 Å². The smallest absolute Gasteiger partial charge is 0.419 e. The van der Waals surface area contributed by atoms with E-state index in [1.54, 1.807) is 17.6 Å². The van der Waals surface area contributed by atoms with Crippen molar-refractivity contribution in [3.8, 4) is 17.2 Å². The molecule has 2 aliphatic carbocycles. The predicted octanol–water partition coefficient (Wildman–Crippen LogP) is 4.19. The Kier molecular flexibility index (Phi) is 6.90. The Bertz CT molecular complexity index is 1500. The number of likely N-dealkylation sites (tertiary alicyclic amines) is 1. The molecule has 0 radical (unpaired) electrons. The van der Waals surface area contributed by atoms with Crippen LogP contribution in [0.5, 0.6) is 0 Å². The van der Waals surface area contributed by atoms with Crippen molar-refractivity contribution in [2.75, 3.05) is 25.0 Å². The Morgan fingerprint density at radius 1 is 1.10 bits per heavy atom. The van der Waals surface area contributed by atoms with Crippen molar-refractivity contribution in [1.29, 1.82) is 0 Å². The molecule has 3 aromatic rings. The maximum atomic E-state index is 14.1. The molecule has 6 rings (SSSR count). The van der Waals surface area contributed by atoms with Gasteiger partial charge in [-0.1, -0.05) is 0 Å². The average molecular weight is 573 g/mol. The number of rotatable bonds is 7. The van der Waals surface area contributed by atoms with Crippen LogP contribution in [0.25, 0.3) is 17.2 Å². The van der Waals surface area contributed by atoms with Crippen LogP contribution in [0.15, 0.2) is 30.5 Å². The summed E-state index contributed by atoms with van der Waals surface area (Å²) >= 11 is 0. The monoisotopic (exact) mass is 572 g/mol. The highest BCUT2D eigenvalue weighted by Gasteiger charge is 2.38. The lowest BCUT2D eigenvalue weighted by atomic mass is 10.1. The molecule has 13 heteroatoms. The number of nitrogens with zero attached hydrogens (tertiary/aromatic N) is 5. The fraction of sp³-hybridized carbons (Fsp3) is 0.464. The Morgan fingerprint density at radius 2 is 1.90 bits per heavy atom. The highest BCUT2D eigenvalue weighted by Crippen LogP contribution is 2.38. The van der Waals surface area contributed by atoms with Crippen LogP contribution in [-0.4, -0.2) is 62.0 Å². The molecule has 9 nitrogen and oxygen atoms in total. The van der Waals surface area contributed by atoms with E-state index < -0.39 is 23.5 Å². The Balaban J connectivity index is 1.34. The Hall–Kier alpha value is -4.03. The standard InChI is InChI=1S/C28H28F4N6O3/c1-2-41-26(40)17-12-21-22(13-17)38(24(35-21)16-5-6-20(29)19(11-16)28(30,31)32)23-7-9-33-27(36-23)34-18-8-10-37(14-18)25(39)15-3-4-15/h5-7,9,11,15,17-18H,2-4,8,10,12-14H2,1H3,(H,33,34,36)/t17?,18-/m0/s1. The van der Waals surface area contributed by atoms with E-state index in [1.807, 2.05) is 4.90 Å². The molecule has 0 spiro atoms. The molecule has 0 bridgehead atoms. The van der Waals surface area contributed by atoms with Gasteiger partial charge < -0.3 is 15.0 Å². The third-order valence-corrected chi connectivity index (χ3v) is 7.71. The zero-order valence-corrected chi connectivity index (χ0v) is 22.2. The fourth-order valence-electron chi connectivity index (χ4n) is 5.55. The molecular weight excluding hydrogens is 544 g/mol. The molecule has 2 aromatic heterocycles. The number of alkyl halides is 3. The molecular formula is C28H28F4N6O3. The van der Waals surface area contributed by atoms with Gasteiger partial charge in [-0.2, -0.15) is 18.2 Å². The van der Waals surface area contributed by atoms with Crippen LogP contribution in [0.1, 0.15) is 43.1 Å². The maximum Gasteiger partial charge on any atom is 0.419 e. The van der Waals surface area contributed by atoms with E-state index in [1.165, 1.54) is 12.3 Å². The van der Waals surface area contributed by atoms with E-state index in [-0.39, 0.29) is 60.6 Å². The second-order valence-electron chi connectivity index (χ2n) is 10.6. The number of halogens is 4. The van der Waals surface area contributed by atoms with E-state index >= 15 is 0 Å². The lowest BCUT2D eigenvalue weighted by Gasteiger charge is -2.18. The largest absolute Gasteiger partial charge is 0.466 e. The average Bonchev–Trinajstić information content (AvgIpc) is 3.37. The van der Waals surface area contributed by atoms with Gasteiger partial charge in [-0.25, -0.2) is 14.4 Å². The summed E-state index contributed by atoms with van der Waals surface area (Å²) in [5.74, 6) is -1.16. The second-order valence-corrected chi connectivity index (χ2v) is 10.6. The molecule has 41 heavy (non-hydrogen) atoms. The zero-order valence-electron chi connectivity index (χ0n) is 22.2. The van der Waals surface area contributed by atoms with Crippen LogP contribution in [-0.2, 0) is 33.3 Å². The molecule has 1 saturated carbocycles. The number of imidazole rings is 1. The highest BCUT2D eigenvalue weighted by molar-refractivity contribution is 5.81. The van der Waals surface area contributed by atoms with Gasteiger partial charge in [-0.05, 0) is 50.5 Å². The van der Waals surface area contributed by atoms with Crippen LogP contribution in [0.2, 0.25) is 0 Å². The van der Waals surface area contributed by atoms with Crippen molar-refractivity contribution in [2.24, 2.45) is 11.8 Å². The van der Waals surface area contributed by atoms with E-state index in [2.05, 4.69) is 20.3 Å². The minimum Gasteiger partial charge on any atom is -0.466 e. The summed E-state index contributed by atoms with van der Waals surface area (Å²) in [6, 6.07) is 4.29. The topological polar surface area (TPSA) is 102 Å². The minimum absolute atomic E-state index is 0.0546. The number of ether oxygens (including phenoxy) is 1. The van der Waals surface area contributed by atoms with Gasteiger partial charge in [-0.3, -0.25) is 14.2 Å². The molecule has 2 atom stereocenters. The van der Waals surface area contributed by atoms with Gasteiger partial charge in [0.1, 0.15) is 17.5 Å². The van der Waals surface area contributed by atoms with Gasteiger partial charge in [0.25, 0.3) is 0 Å². The first-order chi connectivity index (χ1) is 19.6. The number of carbonyl (C=O) groups is 2. The van der Waals surface area contributed by atoms with Gasteiger partial charge in [0, 0.05) is 55.3 Å². The maximum absolute atomic E-state index is 14.1. The number of benzene rings is 1. The summed E-state index contributed by atoms with van der Waals surface area (Å²) in [5, 5.41) is 3.27. The van der Waals surface area contributed by atoms with E-state index in [0.29, 0.717) is 30.3 Å². The second kappa shape index (κ2) is 10.4. The number of esters is 1. The lowest BCUT2D eigenvalue weighted by Crippen LogP contribution is -2.32. The summed E-state index contributed by atoms with van der Waals surface area (Å²) in [6.07, 6.45) is -0.261. The van der Waals surface area contributed by atoms with Crippen molar-refractivity contribution in [1.82, 2.24) is 24.4 Å². The molecule has 1 N–H and O–H groups in total. The SMILES string of the molecule is CCOC(=O)C1Cc2nc(-c3ccc(F)c(C(F)(F)F)c3)n(-c3ccnc(N[C@H]4CCN(C(=O)C5CC5)C4)n3)c2C1. The summed E-state index contributed by atoms with van der Waals surface area (Å²) in [7, 11) is 0. The number of aromatic nitrogens is 4. The molecule has 1 aliphatic heterocycles. The van der Waals surface area contributed by atoms with Crippen molar-refractivity contribution in [3.63, 3.8) is 0 Å². The van der Waals surface area contributed by atoms with E-state index in [0.717, 1.165) is 31.4 Å². The van der Waals surface area contributed by atoms with Crippen molar-refractivity contribution < 1.29 is 31.9 Å². The van der Waals surface area contributed by atoms with Gasteiger partial charge >= 0.3 is 12.1 Å². The number of anilines is 1. The first-order valence-electron chi connectivity index (χ1n) is 13.6. The number of carbonyl (C=O) groups excluding carboxylic acids is 2. The Morgan fingerprint density at radius 3 is 2.63 bits per heavy atom. The van der Waals surface area contributed by atoms with Crippen molar-refractivity contribution >= 4 is 17.8 Å². The first-order valence-corrected chi connectivity index (χ1v) is 13.6. The molecule has 2 fully saturated rings. The molecule has 3 aliphatic rings. The summed E-state index contributed by atoms with van der Waals surface area (Å²) in [5.41, 5.74) is -0.193. The van der Waals surface area contributed by atoms with Crippen LogP contribution < -0.4 is 5.32 Å². The van der Waals surface area contributed by atoms with E-state index in [9.17, 15) is 27.2 Å². The third-order valence-electron chi connectivity index (χ3n) is 7.71. The number of nitrogens with one attached hydrogen (secondary N) is 1. The van der Waals surface area contributed by atoms with Crippen LogP contribution in [0.3, 0.4) is 0 Å². The molecule has 216 valence electrons. The van der Waals surface area contributed by atoms with Gasteiger partial charge in [0.05, 0.1) is 23.8 Å². The van der Waals surface area contributed by atoms with Gasteiger partial charge in [-0.15, -0.1) is 0 Å². The predicted molar refractivity (Wildman–Crippen MR) is 138 cm³/mol. The quantitative estimate of drug-likeness (QED) is 0.335. The summed E-state index contributed by atoms with van der Waals surface area (Å²) in [4.78, 5) is 40.4. The molecule has 1 aromatic carbocycles. The highest BCUT2D eigenvalue weighted by atomic mass is 19.4. The van der Waals surface area contributed by atoms with Crippen molar-refractivity contribution in [2.45, 2.75) is 51.2 Å². The van der Waals surface area contributed by atoms with Gasteiger partial charge in [0.15, 0.2) is 0 Å². The van der Waals surface area contributed by atoms with Crippen LogP contribution in [0.4, 0.5) is 23.5 Å². The number of fused-ring (bicyclic) bond motifs is 1. The molecule has 1 unspecified atom stereocenters. The van der Waals surface area contributed by atoms with Crippen LogP contribution in [0, 0.1) is 17.7 Å². The minimum atomic E-state index is -4.89. The van der Waals surface area contributed by atoms with Crippen LogP contribution >= 0.6 is 0 Å². The fourth-order valence-corrected chi connectivity index (χ4v) is 5.55. The van der Waals surface area contributed by atoms with E-state index in [4.69, 9.17) is 4.74 Å². The molecule has 3 heterocycles. The Labute approximate surface area is 232 Å². The summed E-state index contributed by atoms with van der Waals surface area (Å²) in [6.45, 7) is 3.11. The number of hydrogen-bond acceptors (Lipinski definition) is 7. The normalized spacial score (nSPS) is 20.3. The molecule has 1 saturated heterocycles. The zero-order chi connectivity index (χ0) is 28.9.